The number of aliphatic hydroxyl groups excluding tert-OH is 1. The fraction of sp³-hybridized carbons (Fsp3) is 0.562. The van der Waals surface area contributed by atoms with Crippen molar-refractivity contribution in [2.24, 2.45) is 5.92 Å². The maximum Gasteiger partial charge on any atom is 0.234 e. The summed E-state index contributed by atoms with van der Waals surface area (Å²) >= 11 is 5.60. The SMILES string of the molecule is CC1CCN(CC(=O)NCC(O)c2ccc(Cl)c(F)c2)CC1. The van der Waals surface area contributed by atoms with E-state index in [2.05, 4.69) is 17.1 Å². The van der Waals surface area contributed by atoms with Gasteiger partial charge in [-0.15, -0.1) is 0 Å². The molecule has 6 heteroatoms. The topological polar surface area (TPSA) is 52.6 Å². The zero-order chi connectivity index (χ0) is 16.1. The van der Waals surface area contributed by atoms with Gasteiger partial charge in [0.05, 0.1) is 17.7 Å². The number of carbonyl (C=O) groups is 1. The molecule has 1 aliphatic rings. The molecule has 0 bridgehead atoms. The van der Waals surface area contributed by atoms with Gasteiger partial charge in [-0.25, -0.2) is 4.39 Å². The highest BCUT2D eigenvalue weighted by molar-refractivity contribution is 6.30. The summed E-state index contributed by atoms with van der Waals surface area (Å²) in [6.45, 7) is 4.48. The summed E-state index contributed by atoms with van der Waals surface area (Å²) in [7, 11) is 0. The van der Waals surface area contributed by atoms with E-state index in [1.54, 1.807) is 6.07 Å². The van der Waals surface area contributed by atoms with Crippen LogP contribution in [0.4, 0.5) is 4.39 Å². The molecular weight excluding hydrogens is 307 g/mol. The normalized spacial score (nSPS) is 18.2. The van der Waals surface area contributed by atoms with Crippen molar-refractivity contribution in [1.29, 1.82) is 0 Å². The third-order valence-electron chi connectivity index (χ3n) is 4.06. The Balaban J connectivity index is 1.76. The fourth-order valence-corrected chi connectivity index (χ4v) is 2.64. The first-order valence-electron chi connectivity index (χ1n) is 7.57. The number of nitrogens with zero attached hydrogens (tertiary/aromatic N) is 1. The standard InChI is InChI=1S/C16H22ClFN2O2/c1-11-4-6-20(7-5-11)10-16(22)19-9-15(21)12-2-3-13(17)14(18)8-12/h2-3,8,11,15,21H,4-7,9-10H2,1H3,(H,19,22). The van der Waals surface area contributed by atoms with Crippen molar-refractivity contribution < 1.29 is 14.3 Å². The summed E-state index contributed by atoms with van der Waals surface area (Å²) in [6.07, 6.45) is 1.28. The number of amides is 1. The zero-order valence-corrected chi connectivity index (χ0v) is 13.4. The molecule has 122 valence electrons. The molecule has 0 spiro atoms. The molecule has 22 heavy (non-hydrogen) atoms. The van der Waals surface area contributed by atoms with Gasteiger partial charge in [-0.2, -0.15) is 0 Å². The van der Waals surface area contributed by atoms with Crippen LogP contribution in [0.3, 0.4) is 0 Å². The van der Waals surface area contributed by atoms with Crippen molar-refractivity contribution in [2.75, 3.05) is 26.2 Å². The minimum atomic E-state index is -0.947. The van der Waals surface area contributed by atoms with E-state index in [4.69, 9.17) is 11.6 Å². The van der Waals surface area contributed by atoms with Crippen LogP contribution >= 0.6 is 11.6 Å². The predicted molar refractivity (Wildman–Crippen MR) is 84.2 cm³/mol. The quantitative estimate of drug-likeness (QED) is 0.872. The number of halogens is 2. The monoisotopic (exact) mass is 328 g/mol. The second kappa shape index (κ2) is 7.90. The molecule has 0 aliphatic carbocycles. The lowest BCUT2D eigenvalue weighted by molar-refractivity contribution is -0.123. The number of likely N-dealkylation sites (tertiary alicyclic amines) is 1. The van der Waals surface area contributed by atoms with Crippen LogP contribution in [0.2, 0.25) is 5.02 Å². The molecule has 1 amide bonds. The molecule has 0 radical (unpaired) electrons. The molecule has 1 unspecified atom stereocenters. The van der Waals surface area contributed by atoms with Crippen LogP contribution in [0, 0.1) is 11.7 Å². The van der Waals surface area contributed by atoms with Crippen LogP contribution in [-0.4, -0.2) is 42.1 Å². The van der Waals surface area contributed by atoms with Gasteiger partial charge in [0.2, 0.25) is 5.91 Å². The lowest BCUT2D eigenvalue weighted by Gasteiger charge is -2.29. The van der Waals surface area contributed by atoms with Crippen molar-refractivity contribution in [3.05, 3.63) is 34.6 Å². The van der Waals surface area contributed by atoms with Crippen molar-refractivity contribution >= 4 is 17.5 Å². The molecule has 1 fully saturated rings. The Morgan fingerprint density at radius 1 is 1.50 bits per heavy atom. The third kappa shape index (κ3) is 4.93. The van der Waals surface area contributed by atoms with Crippen molar-refractivity contribution in [1.82, 2.24) is 10.2 Å². The van der Waals surface area contributed by atoms with Crippen molar-refractivity contribution in [2.45, 2.75) is 25.9 Å². The highest BCUT2D eigenvalue weighted by Crippen LogP contribution is 2.20. The minimum Gasteiger partial charge on any atom is -0.387 e. The van der Waals surface area contributed by atoms with Crippen LogP contribution in [0.1, 0.15) is 31.4 Å². The highest BCUT2D eigenvalue weighted by atomic mass is 35.5. The predicted octanol–water partition coefficient (Wildman–Crippen LogP) is 2.36. The molecular formula is C16H22ClFN2O2. The smallest absolute Gasteiger partial charge is 0.234 e. The second-order valence-corrected chi connectivity index (χ2v) is 6.36. The molecule has 0 saturated carbocycles. The van der Waals surface area contributed by atoms with Crippen LogP contribution in [0.5, 0.6) is 0 Å². The van der Waals surface area contributed by atoms with Crippen molar-refractivity contribution in [3.63, 3.8) is 0 Å². The second-order valence-electron chi connectivity index (χ2n) is 5.95. The minimum absolute atomic E-state index is 0.0133. The van der Waals surface area contributed by atoms with Crippen LogP contribution in [0.15, 0.2) is 18.2 Å². The first-order valence-corrected chi connectivity index (χ1v) is 7.95. The van der Waals surface area contributed by atoms with E-state index >= 15 is 0 Å². The average Bonchev–Trinajstić information content (AvgIpc) is 2.50. The average molecular weight is 329 g/mol. The number of nitrogens with one attached hydrogen (secondary N) is 1. The number of aliphatic hydroxyl groups is 1. The fourth-order valence-electron chi connectivity index (χ4n) is 2.53. The molecule has 1 saturated heterocycles. The summed E-state index contributed by atoms with van der Waals surface area (Å²) < 4.78 is 13.3. The largest absolute Gasteiger partial charge is 0.387 e. The summed E-state index contributed by atoms with van der Waals surface area (Å²) in [5.41, 5.74) is 0.397. The van der Waals surface area contributed by atoms with E-state index in [0.717, 1.165) is 31.8 Å². The first-order chi connectivity index (χ1) is 10.5. The van der Waals surface area contributed by atoms with Gasteiger partial charge in [0, 0.05) is 6.54 Å². The van der Waals surface area contributed by atoms with E-state index in [1.807, 2.05) is 0 Å². The van der Waals surface area contributed by atoms with Gasteiger partial charge in [-0.3, -0.25) is 9.69 Å². The number of carbonyl (C=O) groups excluding carboxylic acids is 1. The van der Waals surface area contributed by atoms with Gasteiger partial charge >= 0.3 is 0 Å². The molecule has 2 N–H and O–H groups in total. The van der Waals surface area contributed by atoms with Gasteiger partial charge < -0.3 is 10.4 Å². The van der Waals surface area contributed by atoms with Gasteiger partial charge in [-0.05, 0) is 49.5 Å². The summed E-state index contributed by atoms with van der Waals surface area (Å²) in [6, 6.07) is 4.13. The number of hydrogen-bond donors (Lipinski definition) is 2. The van der Waals surface area contributed by atoms with Crippen LogP contribution in [0.25, 0.3) is 0 Å². The van der Waals surface area contributed by atoms with E-state index in [9.17, 15) is 14.3 Å². The van der Waals surface area contributed by atoms with Crippen molar-refractivity contribution in [3.8, 4) is 0 Å². The molecule has 4 nitrogen and oxygen atoms in total. The molecule has 2 rings (SSSR count). The summed E-state index contributed by atoms with van der Waals surface area (Å²) in [4.78, 5) is 14.0. The Hall–Kier alpha value is -1.17. The molecule has 1 atom stereocenters. The Bertz CT molecular complexity index is 519. The first kappa shape index (κ1) is 17.2. The molecule has 1 aliphatic heterocycles. The Morgan fingerprint density at radius 3 is 2.82 bits per heavy atom. The Labute approximate surface area is 135 Å². The van der Waals surface area contributed by atoms with E-state index in [0.29, 0.717) is 12.1 Å². The number of piperidine rings is 1. The molecule has 1 aromatic rings. The van der Waals surface area contributed by atoms with Gasteiger partial charge in [0.25, 0.3) is 0 Å². The van der Waals surface area contributed by atoms with Crippen LogP contribution < -0.4 is 5.32 Å². The lowest BCUT2D eigenvalue weighted by atomic mass is 9.99. The Morgan fingerprint density at radius 2 is 2.18 bits per heavy atom. The molecule has 1 aromatic carbocycles. The number of rotatable bonds is 5. The van der Waals surface area contributed by atoms with E-state index in [1.165, 1.54) is 12.1 Å². The van der Waals surface area contributed by atoms with Crippen LogP contribution in [-0.2, 0) is 4.79 Å². The molecule has 1 heterocycles. The van der Waals surface area contributed by atoms with Gasteiger partial charge in [0.15, 0.2) is 0 Å². The zero-order valence-electron chi connectivity index (χ0n) is 12.7. The number of hydrogen-bond acceptors (Lipinski definition) is 3. The summed E-state index contributed by atoms with van der Waals surface area (Å²) in [5.74, 6) is 0.0240. The summed E-state index contributed by atoms with van der Waals surface area (Å²) in [5, 5.41) is 12.7. The lowest BCUT2D eigenvalue weighted by Crippen LogP contribution is -2.42. The molecule has 0 aromatic heterocycles. The third-order valence-corrected chi connectivity index (χ3v) is 4.37. The maximum atomic E-state index is 13.3. The highest BCUT2D eigenvalue weighted by Gasteiger charge is 2.18. The van der Waals surface area contributed by atoms with E-state index < -0.39 is 11.9 Å². The van der Waals surface area contributed by atoms with Gasteiger partial charge in [0.1, 0.15) is 5.82 Å². The Kier molecular flexibility index (Phi) is 6.17. The number of benzene rings is 1. The maximum absolute atomic E-state index is 13.3. The van der Waals surface area contributed by atoms with E-state index in [-0.39, 0.29) is 17.5 Å². The van der Waals surface area contributed by atoms with Gasteiger partial charge in [-0.1, -0.05) is 24.6 Å².